The molecule has 2 aromatic rings. The van der Waals surface area contributed by atoms with Crippen LogP contribution in [-0.2, 0) is 20.1 Å². The Hall–Kier alpha value is -1.06. The maximum atomic E-state index is 3.41. The van der Waals surface area contributed by atoms with Crippen molar-refractivity contribution in [1.29, 1.82) is 0 Å². The maximum absolute atomic E-state index is 3.41. The minimum absolute atomic E-state index is 0.941. The van der Waals surface area contributed by atoms with E-state index in [1.807, 2.05) is 7.05 Å². The first-order valence-electron chi connectivity index (χ1n) is 4.67. The minimum atomic E-state index is 0.941. The molecule has 3 heteroatoms. The lowest BCUT2D eigenvalue weighted by molar-refractivity contribution is 0.693. The molecule has 1 N–H and O–H groups in total. The van der Waals surface area contributed by atoms with Crippen molar-refractivity contribution in [3.8, 4) is 0 Å². The summed E-state index contributed by atoms with van der Waals surface area (Å²) in [5.74, 6) is 0. The molecule has 0 aliphatic rings. The predicted octanol–water partition coefficient (Wildman–Crippen LogP) is 2.38. The van der Waals surface area contributed by atoms with E-state index in [-0.39, 0.29) is 0 Å². The predicted molar refractivity (Wildman–Crippen MR) is 60.3 cm³/mol. The molecule has 0 saturated heterocycles. The molecular formula is C11H14N2S. The second-order valence-corrected chi connectivity index (χ2v) is 4.20. The summed E-state index contributed by atoms with van der Waals surface area (Å²) < 4.78 is 2.07. The van der Waals surface area contributed by atoms with E-state index in [9.17, 15) is 0 Å². The fourth-order valence-corrected chi connectivity index (χ4v) is 2.08. The molecule has 0 fully saturated rings. The van der Waals surface area contributed by atoms with Gasteiger partial charge < -0.3 is 9.88 Å². The number of rotatable bonds is 4. The van der Waals surface area contributed by atoms with Crippen molar-refractivity contribution >= 4 is 11.3 Å². The number of nitrogens with one attached hydrogen (secondary N) is 1. The summed E-state index contributed by atoms with van der Waals surface area (Å²) in [6.07, 6.45) is 4.21. The summed E-state index contributed by atoms with van der Waals surface area (Å²) >= 11 is 1.75. The zero-order valence-corrected chi connectivity index (χ0v) is 9.05. The molecule has 0 aromatic carbocycles. The van der Waals surface area contributed by atoms with Crippen LogP contribution in [0.5, 0.6) is 0 Å². The number of hydrogen-bond acceptors (Lipinski definition) is 2. The van der Waals surface area contributed by atoms with Gasteiger partial charge >= 0.3 is 0 Å². The van der Waals surface area contributed by atoms with E-state index < -0.39 is 0 Å². The van der Waals surface area contributed by atoms with Crippen LogP contribution in [0.3, 0.4) is 0 Å². The van der Waals surface area contributed by atoms with Crippen molar-refractivity contribution in [3.05, 3.63) is 46.4 Å². The van der Waals surface area contributed by atoms with Crippen LogP contribution in [0.15, 0.2) is 35.3 Å². The Kier molecular flexibility index (Phi) is 3.01. The largest absolute Gasteiger partial charge is 0.357 e. The zero-order chi connectivity index (χ0) is 9.80. The van der Waals surface area contributed by atoms with Gasteiger partial charge in [0.05, 0.1) is 0 Å². The molecule has 0 aliphatic heterocycles. The van der Waals surface area contributed by atoms with Crippen molar-refractivity contribution in [1.82, 2.24) is 9.88 Å². The summed E-state index contributed by atoms with van der Waals surface area (Å²) in [5.41, 5.74) is 2.70. The molecule has 2 rings (SSSR count). The SMILES string of the molecule is Cn1ccc(CNCc2ccsc2)c1. The van der Waals surface area contributed by atoms with Crippen molar-refractivity contribution in [2.24, 2.45) is 7.05 Å². The number of aromatic nitrogens is 1. The first-order chi connectivity index (χ1) is 6.84. The minimum Gasteiger partial charge on any atom is -0.357 e. The lowest BCUT2D eigenvalue weighted by Gasteiger charge is -2.00. The van der Waals surface area contributed by atoms with Gasteiger partial charge in [0.2, 0.25) is 0 Å². The van der Waals surface area contributed by atoms with Gasteiger partial charge in [-0.15, -0.1) is 0 Å². The Labute approximate surface area is 88.2 Å². The quantitative estimate of drug-likeness (QED) is 0.812. The van der Waals surface area contributed by atoms with E-state index in [1.165, 1.54) is 11.1 Å². The maximum Gasteiger partial charge on any atom is 0.0223 e. The molecule has 2 nitrogen and oxygen atoms in total. The first-order valence-corrected chi connectivity index (χ1v) is 5.61. The van der Waals surface area contributed by atoms with E-state index in [0.717, 1.165) is 13.1 Å². The normalized spacial score (nSPS) is 10.6. The molecule has 74 valence electrons. The lowest BCUT2D eigenvalue weighted by atomic mass is 10.3. The Morgan fingerprint density at radius 3 is 2.79 bits per heavy atom. The highest BCUT2D eigenvalue weighted by atomic mass is 32.1. The molecule has 2 heterocycles. The van der Waals surface area contributed by atoms with Gasteiger partial charge in [-0.05, 0) is 34.0 Å². The van der Waals surface area contributed by atoms with Gasteiger partial charge in [0.15, 0.2) is 0 Å². The average molecular weight is 206 g/mol. The Morgan fingerprint density at radius 1 is 1.29 bits per heavy atom. The van der Waals surface area contributed by atoms with Gasteiger partial charge in [0.1, 0.15) is 0 Å². The molecule has 0 aliphatic carbocycles. The van der Waals surface area contributed by atoms with Gasteiger partial charge in [-0.2, -0.15) is 11.3 Å². The summed E-state index contributed by atoms with van der Waals surface area (Å²) in [5, 5.41) is 7.70. The summed E-state index contributed by atoms with van der Waals surface area (Å²) in [6, 6.07) is 4.29. The van der Waals surface area contributed by atoms with Gasteiger partial charge in [-0.1, -0.05) is 0 Å². The summed E-state index contributed by atoms with van der Waals surface area (Å²) in [7, 11) is 2.04. The smallest absolute Gasteiger partial charge is 0.0223 e. The van der Waals surface area contributed by atoms with Crippen LogP contribution in [0.25, 0.3) is 0 Å². The third-order valence-corrected chi connectivity index (χ3v) is 2.86. The van der Waals surface area contributed by atoms with Gasteiger partial charge in [0, 0.05) is 32.5 Å². The van der Waals surface area contributed by atoms with Crippen LogP contribution < -0.4 is 5.32 Å². The van der Waals surface area contributed by atoms with E-state index >= 15 is 0 Å². The highest BCUT2D eigenvalue weighted by molar-refractivity contribution is 7.07. The van der Waals surface area contributed by atoms with Crippen LogP contribution in [0.2, 0.25) is 0 Å². The Bertz CT molecular complexity index is 376. The van der Waals surface area contributed by atoms with E-state index in [0.29, 0.717) is 0 Å². The third-order valence-electron chi connectivity index (χ3n) is 2.13. The van der Waals surface area contributed by atoms with Crippen molar-refractivity contribution in [3.63, 3.8) is 0 Å². The van der Waals surface area contributed by atoms with Crippen LogP contribution >= 0.6 is 11.3 Å². The Balaban J connectivity index is 1.78. The van der Waals surface area contributed by atoms with Crippen LogP contribution in [0.4, 0.5) is 0 Å². The van der Waals surface area contributed by atoms with Crippen LogP contribution in [0, 0.1) is 0 Å². The second-order valence-electron chi connectivity index (χ2n) is 3.42. The lowest BCUT2D eigenvalue weighted by Crippen LogP contribution is -2.11. The summed E-state index contributed by atoms with van der Waals surface area (Å²) in [4.78, 5) is 0. The van der Waals surface area contributed by atoms with E-state index in [4.69, 9.17) is 0 Å². The van der Waals surface area contributed by atoms with E-state index in [1.54, 1.807) is 11.3 Å². The van der Waals surface area contributed by atoms with Crippen LogP contribution in [-0.4, -0.2) is 4.57 Å². The topological polar surface area (TPSA) is 17.0 Å². The molecule has 0 atom stereocenters. The molecule has 2 aromatic heterocycles. The molecule has 14 heavy (non-hydrogen) atoms. The molecule has 0 bridgehead atoms. The number of thiophene rings is 1. The molecule has 0 spiro atoms. The van der Waals surface area contributed by atoms with Crippen molar-refractivity contribution in [2.45, 2.75) is 13.1 Å². The van der Waals surface area contributed by atoms with Crippen molar-refractivity contribution in [2.75, 3.05) is 0 Å². The van der Waals surface area contributed by atoms with E-state index in [2.05, 4.69) is 45.2 Å². The van der Waals surface area contributed by atoms with Gasteiger partial charge in [-0.25, -0.2) is 0 Å². The molecule has 0 unspecified atom stereocenters. The third kappa shape index (κ3) is 2.47. The highest BCUT2D eigenvalue weighted by Gasteiger charge is 1.95. The fourth-order valence-electron chi connectivity index (χ4n) is 1.41. The first kappa shape index (κ1) is 9.49. The standard InChI is InChI=1S/C11H14N2S/c1-13-4-2-10(8-13)6-12-7-11-3-5-14-9-11/h2-5,8-9,12H,6-7H2,1H3. The fraction of sp³-hybridized carbons (Fsp3) is 0.273. The van der Waals surface area contributed by atoms with Crippen LogP contribution in [0.1, 0.15) is 11.1 Å². The second kappa shape index (κ2) is 4.44. The monoisotopic (exact) mass is 206 g/mol. The molecule has 0 amide bonds. The number of aryl methyl sites for hydroxylation is 1. The average Bonchev–Trinajstić information content (AvgIpc) is 2.77. The van der Waals surface area contributed by atoms with Gasteiger partial charge in [0.25, 0.3) is 0 Å². The summed E-state index contributed by atoms with van der Waals surface area (Å²) in [6.45, 7) is 1.90. The number of nitrogens with zero attached hydrogens (tertiary/aromatic N) is 1. The highest BCUT2D eigenvalue weighted by Crippen LogP contribution is 2.05. The molecular weight excluding hydrogens is 192 g/mol. The molecule has 0 radical (unpaired) electrons. The molecule has 0 saturated carbocycles. The Morgan fingerprint density at radius 2 is 2.14 bits per heavy atom. The van der Waals surface area contributed by atoms with Crippen molar-refractivity contribution < 1.29 is 0 Å². The number of hydrogen-bond donors (Lipinski definition) is 1. The zero-order valence-electron chi connectivity index (χ0n) is 8.23. The van der Waals surface area contributed by atoms with Gasteiger partial charge in [-0.3, -0.25) is 0 Å².